The minimum atomic E-state index is -1.10. The van der Waals surface area contributed by atoms with E-state index in [4.69, 9.17) is 23.2 Å². The predicted octanol–water partition coefficient (Wildman–Crippen LogP) is 3.47. The minimum absolute atomic E-state index is 0.100. The summed E-state index contributed by atoms with van der Waals surface area (Å²) in [6.07, 6.45) is 0.371. The Morgan fingerprint density at radius 1 is 1.00 bits per heavy atom. The largest absolute Gasteiger partial charge is 0.494 e. The molecule has 18 heavy (non-hydrogen) atoms. The Morgan fingerprint density at radius 3 is 2.06 bits per heavy atom. The molecule has 0 amide bonds. The number of hydrogen-bond donors (Lipinski definition) is 2. The van der Waals surface area contributed by atoms with Gasteiger partial charge in [0.05, 0.1) is 0 Å². The van der Waals surface area contributed by atoms with E-state index in [1.807, 2.05) is 30.3 Å². The van der Waals surface area contributed by atoms with Crippen molar-refractivity contribution >= 4 is 23.2 Å². The Balaban J connectivity index is 2.58. The first-order chi connectivity index (χ1) is 8.59. The highest BCUT2D eigenvalue weighted by Crippen LogP contribution is 2.41. The van der Waals surface area contributed by atoms with Gasteiger partial charge in [0.15, 0.2) is 16.8 Å². The summed E-state index contributed by atoms with van der Waals surface area (Å²) in [4.78, 5) is -1.10. The van der Waals surface area contributed by atoms with Crippen LogP contribution in [0.25, 0.3) is 0 Å². The highest BCUT2D eigenvalue weighted by molar-refractivity contribution is 6.25. The molecule has 1 unspecified atom stereocenters. The van der Waals surface area contributed by atoms with Gasteiger partial charge >= 0.3 is 0 Å². The molecule has 0 fully saturated rings. The van der Waals surface area contributed by atoms with E-state index in [1.165, 1.54) is 16.7 Å². The third-order valence-electron chi connectivity index (χ3n) is 2.84. The van der Waals surface area contributed by atoms with Crippen LogP contribution in [0.15, 0.2) is 42.5 Å². The number of rotatable bonds is 4. The number of halogens is 2. The zero-order valence-corrected chi connectivity index (χ0v) is 11.1. The maximum atomic E-state index is 9.83. The summed E-state index contributed by atoms with van der Waals surface area (Å²) in [6.45, 7) is 0. The Kier molecular flexibility index (Phi) is 3.73. The van der Waals surface area contributed by atoms with Crippen molar-refractivity contribution in [3.05, 3.63) is 48.0 Å². The highest BCUT2D eigenvalue weighted by Gasteiger charge is 2.34. The summed E-state index contributed by atoms with van der Waals surface area (Å²) in [5.74, 6) is 0.100. The van der Waals surface area contributed by atoms with Gasteiger partial charge in [-0.25, -0.2) is 0 Å². The molecule has 0 aliphatic carbocycles. The van der Waals surface area contributed by atoms with Gasteiger partial charge in [-0.05, 0) is 5.56 Å². The number of nitrogens with zero attached hydrogens (tertiary/aromatic N) is 1. The van der Waals surface area contributed by atoms with Gasteiger partial charge in [0.25, 0.3) is 0 Å². The van der Waals surface area contributed by atoms with Crippen molar-refractivity contribution in [1.82, 2.24) is 4.57 Å². The van der Waals surface area contributed by atoms with E-state index in [0.717, 1.165) is 5.56 Å². The predicted molar refractivity (Wildman–Crippen MR) is 72.5 cm³/mol. The van der Waals surface area contributed by atoms with E-state index < -0.39 is 5.00 Å². The van der Waals surface area contributed by atoms with E-state index in [-0.39, 0.29) is 11.8 Å². The Morgan fingerprint density at radius 2 is 1.56 bits per heavy atom. The molecule has 3 nitrogen and oxygen atoms in total. The molecule has 1 aromatic carbocycles. The van der Waals surface area contributed by atoms with E-state index >= 15 is 0 Å². The second-order valence-electron chi connectivity index (χ2n) is 3.95. The lowest BCUT2D eigenvalue weighted by atomic mass is 10.0. The number of aromatic hydroxyl groups is 2. The molecule has 96 valence electrons. The topological polar surface area (TPSA) is 45.4 Å². The van der Waals surface area contributed by atoms with Gasteiger partial charge in [-0.2, -0.15) is 0 Å². The second kappa shape index (κ2) is 5.12. The summed E-state index contributed by atoms with van der Waals surface area (Å²) in [5, 5.41) is 19.7. The summed E-state index contributed by atoms with van der Waals surface area (Å²) in [6, 6.07) is 12.0. The zero-order chi connectivity index (χ0) is 13.2. The van der Waals surface area contributed by atoms with Crippen molar-refractivity contribution in [2.45, 2.75) is 11.4 Å². The van der Waals surface area contributed by atoms with E-state index in [9.17, 15) is 10.2 Å². The van der Waals surface area contributed by atoms with E-state index in [1.54, 1.807) is 0 Å². The fourth-order valence-electron chi connectivity index (χ4n) is 1.98. The standard InChI is InChI=1S/C13H13Cl2NO2/c14-9-8-13(15,10-4-2-1-3-5-10)16-11(17)6-7-12(16)18/h1-7,17-18H,8-9H2. The van der Waals surface area contributed by atoms with E-state index in [0.29, 0.717) is 12.3 Å². The molecule has 1 heterocycles. The number of hydrogen-bond acceptors (Lipinski definition) is 2. The van der Waals surface area contributed by atoms with Crippen LogP contribution in [-0.2, 0) is 5.00 Å². The van der Waals surface area contributed by atoms with Gasteiger partial charge in [0.1, 0.15) is 0 Å². The average Bonchev–Trinajstić information content (AvgIpc) is 2.71. The molecule has 2 aromatic rings. The van der Waals surface area contributed by atoms with E-state index in [2.05, 4.69) is 0 Å². The quantitative estimate of drug-likeness (QED) is 0.845. The van der Waals surface area contributed by atoms with Gasteiger partial charge in [0, 0.05) is 24.4 Å². The Bertz CT molecular complexity index is 508. The van der Waals surface area contributed by atoms with Crippen LogP contribution in [0, 0.1) is 0 Å². The maximum absolute atomic E-state index is 9.83. The first-order valence-corrected chi connectivity index (χ1v) is 6.41. The monoisotopic (exact) mass is 285 g/mol. The van der Waals surface area contributed by atoms with Crippen LogP contribution in [0.1, 0.15) is 12.0 Å². The number of benzene rings is 1. The fourth-order valence-corrected chi connectivity index (χ4v) is 2.75. The fraction of sp³-hybridized carbons (Fsp3) is 0.231. The smallest absolute Gasteiger partial charge is 0.195 e. The molecule has 0 aliphatic heterocycles. The van der Waals surface area contributed by atoms with Crippen molar-refractivity contribution in [2.24, 2.45) is 0 Å². The minimum Gasteiger partial charge on any atom is -0.494 e. The number of aromatic nitrogens is 1. The molecule has 2 rings (SSSR count). The molecule has 0 saturated heterocycles. The summed E-state index contributed by atoms with van der Waals surface area (Å²) >= 11 is 12.4. The summed E-state index contributed by atoms with van der Waals surface area (Å²) in [5.41, 5.74) is 0.758. The van der Waals surface area contributed by atoms with Crippen LogP contribution in [0.3, 0.4) is 0 Å². The average molecular weight is 286 g/mol. The van der Waals surface area contributed by atoms with Crippen LogP contribution in [-0.4, -0.2) is 20.7 Å². The van der Waals surface area contributed by atoms with Crippen LogP contribution in [0.2, 0.25) is 0 Å². The first kappa shape index (κ1) is 13.1. The first-order valence-electron chi connectivity index (χ1n) is 5.50. The van der Waals surface area contributed by atoms with Crippen molar-refractivity contribution in [3.63, 3.8) is 0 Å². The Hall–Kier alpha value is -1.32. The lowest BCUT2D eigenvalue weighted by Gasteiger charge is -2.30. The molecule has 1 aromatic heterocycles. The van der Waals surface area contributed by atoms with Gasteiger partial charge in [-0.3, -0.25) is 4.57 Å². The maximum Gasteiger partial charge on any atom is 0.195 e. The van der Waals surface area contributed by atoms with Gasteiger partial charge in [-0.1, -0.05) is 41.9 Å². The third-order valence-corrected chi connectivity index (χ3v) is 3.60. The van der Waals surface area contributed by atoms with Crippen molar-refractivity contribution in [1.29, 1.82) is 0 Å². The lowest BCUT2D eigenvalue weighted by Crippen LogP contribution is -2.28. The van der Waals surface area contributed by atoms with Crippen LogP contribution < -0.4 is 0 Å². The zero-order valence-electron chi connectivity index (χ0n) is 9.55. The number of alkyl halides is 2. The van der Waals surface area contributed by atoms with Crippen LogP contribution in [0.4, 0.5) is 0 Å². The normalized spacial score (nSPS) is 14.3. The second-order valence-corrected chi connectivity index (χ2v) is 4.95. The molecule has 1 atom stereocenters. The molecule has 0 radical (unpaired) electrons. The molecule has 0 aliphatic rings. The molecule has 2 N–H and O–H groups in total. The van der Waals surface area contributed by atoms with Gasteiger partial charge in [-0.15, -0.1) is 11.6 Å². The van der Waals surface area contributed by atoms with Crippen LogP contribution >= 0.6 is 23.2 Å². The van der Waals surface area contributed by atoms with Gasteiger partial charge in [0.2, 0.25) is 0 Å². The van der Waals surface area contributed by atoms with Crippen LogP contribution in [0.5, 0.6) is 11.8 Å². The molecular formula is C13H13Cl2NO2. The van der Waals surface area contributed by atoms with Gasteiger partial charge < -0.3 is 10.2 Å². The molecule has 0 bridgehead atoms. The lowest BCUT2D eigenvalue weighted by molar-refractivity contribution is 0.326. The molecule has 0 spiro atoms. The molecule has 5 heteroatoms. The summed E-state index contributed by atoms with van der Waals surface area (Å²) < 4.78 is 1.27. The SMILES string of the molecule is Oc1ccc(O)n1C(Cl)(CCCl)c1ccccc1. The Labute approximate surface area is 115 Å². The van der Waals surface area contributed by atoms with Crippen molar-refractivity contribution in [3.8, 4) is 11.8 Å². The third kappa shape index (κ3) is 2.16. The molecule has 0 saturated carbocycles. The van der Waals surface area contributed by atoms with Crippen molar-refractivity contribution < 1.29 is 10.2 Å². The van der Waals surface area contributed by atoms with Crippen molar-refractivity contribution in [2.75, 3.05) is 5.88 Å². The highest BCUT2D eigenvalue weighted by atomic mass is 35.5. The summed E-state index contributed by atoms with van der Waals surface area (Å²) in [7, 11) is 0. The molecular weight excluding hydrogens is 273 g/mol.